The van der Waals surface area contributed by atoms with Gasteiger partial charge >= 0.3 is 0 Å². The molecule has 0 unspecified atom stereocenters. The number of rotatable bonds is 4. The van der Waals surface area contributed by atoms with E-state index in [-0.39, 0.29) is 24.3 Å². The molecule has 0 aliphatic carbocycles. The summed E-state index contributed by atoms with van der Waals surface area (Å²) >= 11 is 0. The number of ether oxygens (including phenoxy) is 1. The molecule has 1 aromatic heterocycles. The standard InChI is InChI=1S/C19H22N4O3/c24-17(22-10-3-4-14(12-22)19-20-8-9-21-19)7-11-23-15-5-1-2-6-16(15)26-13-18(23)25/h1-2,5-6,8-9,14H,3-4,7,10-13H2,(H,20,21)/t14-/m0/s1. The van der Waals surface area contributed by atoms with Gasteiger partial charge in [0.05, 0.1) is 5.69 Å². The van der Waals surface area contributed by atoms with E-state index in [1.165, 1.54) is 0 Å². The van der Waals surface area contributed by atoms with Crippen molar-refractivity contribution in [1.82, 2.24) is 14.9 Å². The zero-order valence-electron chi connectivity index (χ0n) is 14.6. The summed E-state index contributed by atoms with van der Waals surface area (Å²) in [5, 5.41) is 0. The Labute approximate surface area is 152 Å². The lowest BCUT2D eigenvalue weighted by Crippen LogP contribution is -2.43. The number of H-pyrrole nitrogens is 1. The lowest BCUT2D eigenvalue weighted by molar-refractivity contribution is -0.132. The molecule has 1 saturated heterocycles. The summed E-state index contributed by atoms with van der Waals surface area (Å²) in [4.78, 5) is 36.0. The van der Waals surface area contributed by atoms with Gasteiger partial charge in [-0.2, -0.15) is 0 Å². The summed E-state index contributed by atoms with van der Waals surface area (Å²) in [7, 11) is 0. The monoisotopic (exact) mass is 354 g/mol. The van der Waals surface area contributed by atoms with Crippen molar-refractivity contribution >= 4 is 17.5 Å². The van der Waals surface area contributed by atoms with Gasteiger partial charge in [0.15, 0.2) is 6.61 Å². The molecule has 7 heteroatoms. The van der Waals surface area contributed by atoms with Crippen LogP contribution in [-0.4, -0.2) is 52.9 Å². The van der Waals surface area contributed by atoms with Crippen LogP contribution in [0, 0.1) is 0 Å². The fourth-order valence-electron chi connectivity index (χ4n) is 3.69. The highest BCUT2D eigenvalue weighted by Crippen LogP contribution is 2.31. The van der Waals surface area contributed by atoms with E-state index < -0.39 is 0 Å². The Morgan fingerprint density at radius 1 is 1.35 bits per heavy atom. The molecule has 0 spiro atoms. The van der Waals surface area contributed by atoms with Gasteiger partial charge in [-0.3, -0.25) is 9.59 Å². The Balaban J connectivity index is 1.39. The number of fused-ring (bicyclic) bond motifs is 1. The van der Waals surface area contributed by atoms with Crippen molar-refractivity contribution in [2.45, 2.75) is 25.2 Å². The molecule has 2 aromatic rings. The molecule has 1 atom stereocenters. The lowest BCUT2D eigenvalue weighted by atomic mass is 9.97. The molecule has 1 fully saturated rings. The maximum Gasteiger partial charge on any atom is 0.265 e. The largest absolute Gasteiger partial charge is 0.482 e. The molecule has 3 heterocycles. The van der Waals surface area contributed by atoms with Crippen LogP contribution in [0.5, 0.6) is 5.75 Å². The number of hydrogen-bond donors (Lipinski definition) is 1. The van der Waals surface area contributed by atoms with Crippen molar-refractivity contribution < 1.29 is 14.3 Å². The Kier molecular flexibility index (Phi) is 4.60. The minimum Gasteiger partial charge on any atom is -0.482 e. The van der Waals surface area contributed by atoms with E-state index in [4.69, 9.17) is 4.74 Å². The van der Waals surface area contributed by atoms with Gasteiger partial charge in [0, 0.05) is 44.4 Å². The van der Waals surface area contributed by atoms with Crippen LogP contribution in [0.4, 0.5) is 5.69 Å². The van der Waals surface area contributed by atoms with Gasteiger partial charge in [0.25, 0.3) is 5.91 Å². The SMILES string of the molecule is O=C(CCN1C(=O)COc2ccccc21)N1CCC[C@H](c2ncc[nH]2)C1. The van der Waals surface area contributed by atoms with Crippen LogP contribution in [-0.2, 0) is 9.59 Å². The summed E-state index contributed by atoms with van der Waals surface area (Å²) in [5.41, 5.74) is 0.739. The van der Waals surface area contributed by atoms with Gasteiger partial charge in [-0.05, 0) is 25.0 Å². The number of nitrogens with zero attached hydrogens (tertiary/aromatic N) is 3. The Morgan fingerprint density at radius 2 is 2.23 bits per heavy atom. The molecular weight excluding hydrogens is 332 g/mol. The maximum atomic E-state index is 12.7. The van der Waals surface area contributed by atoms with Crippen molar-refractivity contribution in [2.75, 3.05) is 31.1 Å². The Morgan fingerprint density at radius 3 is 3.08 bits per heavy atom. The summed E-state index contributed by atoms with van der Waals surface area (Å²) in [5.74, 6) is 1.87. The fraction of sp³-hybridized carbons (Fsp3) is 0.421. The molecule has 2 aliphatic rings. The van der Waals surface area contributed by atoms with Crippen LogP contribution < -0.4 is 9.64 Å². The highest BCUT2D eigenvalue weighted by molar-refractivity contribution is 5.98. The number of benzene rings is 1. The van der Waals surface area contributed by atoms with Crippen molar-refractivity contribution in [3.63, 3.8) is 0 Å². The smallest absolute Gasteiger partial charge is 0.265 e. The van der Waals surface area contributed by atoms with Crippen LogP contribution in [0.1, 0.15) is 31.0 Å². The number of amides is 2. The first kappa shape index (κ1) is 16.6. The molecule has 136 valence electrons. The van der Waals surface area contributed by atoms with Crippen LogP contribution >= 0.6 is 0 Å². The molecule has 4 rings (SSSR count). The number of likely N-dealkylation sites (tertiary alicyclic amines) is 1. The molecule has 2 aliphatic heterocycles. The van der Waals surface area contributed by atoms with Crippen molar-refractivity contribution in [1.29, 1.82) is 0 Å². The highest BCUT2D eigenvalue weighted by Gasteiger charge is 2.29. The highest BCUT2D eigenvalue weighted by atomic mass is 16.5. The normalized spacial score (nSPS) is 19.8. The molecule has 0 radical (unpaired) electrons. The third kappa shape index (κ3) is 3.29. The third-order valence-electron chi connectivity index (χ3n) is 5.04. The number of hydrogen-bond acceptors (Lipinski definition) is 4. The van der Waals surface area contributed by atoms with Crippen molar-refractivity contribution in [3.8, 4) is 5.75 Å². The van der Waals surface area contributed by atoms with E-state index in [9.17, 15) is 9.59 Å². The molecule has 1 N–H and O–H groups in total. The fourth-order valence-corrected chi connectivity index (χ4v) is 3.69. The zero-order valence-corrected chi connectivity index (χ0v) is 14.6. The van der Waals surface area contributed by atoms with E-state index in [1.54, 1.807) is 11.1 Å². The van der Waals surface area contributed by atoms with Crippen molar-refractivity contribution in [3.05, 3.63) is 42.5 Å². The predicted molar refractivity (Wildman–Crippen MR) is 96.0 cm³/mol. The van der Waals surface area contributed by atoms with Crippen LogP contribution in [0.2, 0.25) is 0 Å². The summed E-state index contributed by atoms with van der Waals surface area (Å²) in [6.45, 7) is 1.85. The van der Waals surface area contributed by atoms with Gasteiger partial charge in [-0.25, -0.2) is 4.98 Å². The predicted octanol–water partition coefficient (Wildman–Crippen LogP) is 1.93. The number of nitrogens with one attached hydrogen (secondary N) is 1. The van der Waals surface area contributed by atoms with E-state index >= 15 is 0 Å². The number of carbonyl (C=O) groups excluding carboxylic acids is 2. The quantitative estimate of drug-likeness (QED) is 0.910. The first-order valence-electron chi connectivity index (χ1n) is 9.01. The van der Waals surface area contributed by atoms with E-state index in [0.29, 0.717) is 25.3 Å². The van der Waals surface area contributed by atoms with E-state index in [0.717, 1.165) is 30.9 Å². The van der Waals surface area contributed by atoms with Gasteiger partial charge < -0.3 is 19.5 Å². The summed E-state index contributed by atoms with van der Waals surface area (Å²) in [6.07, 6.45) is 5.88. The van der Waals surface area contributed by atoms with Crippen LogP contribution in [0.25, 0.3) is 0 Å². The minimum absolute atomic E-state index is 0.0233. The maximum absolute atomic E-state index is 12.7. The van der Waals surface area contributed by atoms with Gasteiger partial charge in [-0.1, -0.05) is 12.1 Å². The molecule has 2 amide bonds. The molecule has 0 saturated carbocycles. The molecular formula is C19H22N4O3. The number of imidazole rings is 1. The average Bonchev–Trinajstić information content (AvgIpc) is 3.22. The average molecular weight is 354 g/mol. The second kappa shape index (κ2) is 7.19. The summed E-state index contributed by atoms with van der Waals surface area (Å²) in [6, 6.07) is 7.44. The zero-order chi connectivity index (χ0) is 17.9. The topological polar surface area (TPSA) is 78.5 Å². The first-order valence-corrected chi connectivity index (χ1v) is 9.01. The molecule has 1 aromatic carbocycles. The van der Waals surface area contributed by atoms with E-state index in [2.05, 4.69) is 9.97 Å². The number of aromatic nitrogens is 2. The Hall–Kier alpha value is -2.83. The number of anilines is 1. The number of carbonyl (C=O) groups is 2. The number of piperidine rings is 1. The minimum atomic E-state index is -0.108. The molecule has 7 nitrogen and oxygen atoms in total. The second-order valence-electron chi connectivity index (χ2n) is 6.71. The van der Waals surface area contributed by atoms with Gasteiger partial charge in [-0.15, -0.1) is 0 Å². The Bertz CT molecular complexity index is 790. The van der Waals surface area contributed by atoms with Crippen LogP contribution in [0.3, 0.4) is 0 Å². The summed E-state index contributed by atoms with van der Waals surface area (Å²) < 4.78 is 5.45. The number of para-hydroxylation sites is 2. The lowest BCUT2D eigenvalue weighted by Gasteiger charge is -2.33. The van der Waals surface area contributed by atoms with Gasteiger partial charge in [0.2, 0.25) is 5.91 Å². The second-order valence-corrected chi connectivity index (χ2v) is 6.71. The number of aromatic amines is 1. The van der Waals surface area contributed by atoms with Crippen molar-refractivity contribution in [2.24, 2.45) is 0 Å². The van der Waals surface area contributed by atoms with E-state index in [1.807, 2.05) is 35.4 Å². The van der Waals surface area contributed by atoms with Crippen LogP contribution in [0.15, 0.2) is 36.7 Å². The third-order valence-corrected chi connectivity index (χ3v) is 5.04. The van der Waals surface area contributed by atoms with Gasteiger partial charge in [0.1, 0.15) is 11.6 Å². The first-order chi connectivity index (χ1) is 12.7. The molecule has 0 bridgehead atoms. The molecule has 26 heavy (non-hydrogen) atoms.